The highest BCUT2D eigenvalue weighted by molar-refractivity contribution is 6.00. The maximum absolute atomic E-state index is 12.1. The Balaban J connectivity index is 2.60. The van der Waals surface area contributed by atoms with Gasteiger partial charge in [-0.15, -0.1) is 0 Å². The highest BCUT2D eigenvalue weighted by Gasteiger charge is 2.17. The van der Waals surface area contributed by atoms with Crippen LogP contribution in [0.3, 0.4) is 0 Å². The van der Waals surface area contributed by atoms with Crippen molar-refractivity contribution in [3.05, 3.63) is 23.8 Å². The Bertz CT molecular complexity index is 511. The molecule has 1 rings (SSSR count). The lowest BCUT2D eigenvalue weighted by molar-refractivity contribution is -0.144. The fourth-order valence-corrected chi connectivity index (χ4v) is 1.94. The zero-order valence-electron chi connectivity index (χ0n) is 13.1. The molecule has 0 heterocycles. The van der Waals surface area contributed by atoms with Gasteiger partial charge in [-0.2, -0.15) is 0 Å². The number of hydrogen-bond acceptors (Lipinski definition) is 6. The Morgan fingerprint density at radius 1 is 1.23 bits per heavy atom. The van der Waals surface area contributed by atoms with E-state index in [-0.39, 0.29) is 18.8 Å². The lowest BCUT2D eigenvalue weighted by Crippen LogP contribution is -2.19. The van der Waals surface area contributed by atoms with Crippen molar-refractivity contribution in [2.24, 2.45) is 0 Å². The minimum atomic E-state index is -0.733. The van der Waals surface area contributed by atoms with Gasteiger partial charge in [-0.1, -0.05) is 13.3 Å². The summed E-state index contributed by atoms with van der Waals surface area (Å²) in [7, 11) is 2.96. The smallest absolute Gasteiger partial charge is 0.308 e. The summed E-state index contributed by atoms with van der Waals surface area (Å²) in [4.78, 5) is 23.6. The van der Waals surface area contributed by atoms with Crippen LogP contribution in [0.5, 0.6) is 11.5 Å². The van der Waals surface area contributed by atoms with E-state index in [4.69, 9.17) is 14.2 Å². The third-order valence-corrected chi connectivity index (χ3v) is 3.10. The molecule has 22 heavy (non-hydrogen) atoms. The van der Waals surface area contributed by atoms with E-state index in [2.05, 4.69) is 0 Å². The van der Waals surface area contributed by atoms with E-state index >= 15 is 0 Å². The average molecular weight is 310 g/mol. The molecule has 0 aromatic heterocycles. The molecule has 6 nitrogen and oxygen atoms in total. The van der Waals surface area contributed by atoms with Crippen LogP contribution in [0.25, 0.3) is 0 Å². The van der Waals surface area contributed by atoms with E-state index < -0.39 is 12.1 Å². The Kier molecular flexibility index (Phi) is 7.39. The van der Waals surface area contributed by atoms with Gasteiger partial charge in [0.2, 0.25) is 5.78 Å². The first-order valence-electron chi connectivity index (χ1n) is 7.10. The van der Waals surface area contributed by atoms with Crippen molar-refractivity contribution < 1.29 is 28.9 Å². The number of rotatable bonds is 9. The number of aliphatic hydroxyl groups excluding tert-OH is 1. The number of aliphatic hydroxyl groups is 1. The quantitative estimate of drug-likeness (QED) is 0.555. The molecule has 6 heteroatoms. The van der Waals surface area contributed by atoms with Crippen molar-refractivity contribution in [1.29, 1.82) is 0 Å². The van der Waals surface area contributed by atoms with Gasteiger partial charge < -0.3 is 19.3 Å². The summed E-state index contributed by atoms with van der Waals surface area (Å²) < 4.78 is 15.1. The summed E-state index contributed by atoms with van der Waals surface area (Å²) in [6.45, 7) is 1.52. The Hall–Kier alpha value is -2.08. The third kappa shape index (κ3) is 5.37. The van der Waals surface area contributed by atoms with Gasteiger partial charge in [0.25, 0.3) is 0 Å². The first kappa shape index (κ1) is 18.0. The van der Waals surface area contributed by atoms with Crippen LogP contribution in [0, 0.1) is 0 Å². The largest absolute Gasteiger partial charge is 0.497 e. The lowest BCUT2D eigenvalue weighted by atomic mass is 10.1. The number of hydrogen-bond donors (Lipinski definition) is 1. The van der Waals surface area contributed by atoms with Crippen molar-refractivity contribution in [1.82, 2.24) is 0 Å². The Morgan fingerprint density at radius 3 is 2.55 bits per heavy atom. The molecule has 0 unspecified atom stereocenters. The predicted molar refractivity (Wildman–Crippen MR) is 80.4 cm³/mol. The molecule has 1 N–H and O–H groups in total. The van der Waals surface area contributed by atoms with E-state index in [1.807, 2.05) is 6.92 Å². The van der Waals surface area contributed by atoms with E-state index in [1.165, 1.54) is 14.2 Å². The molecule has 0 bridgehead atoms. The van der Waals surface area contributed by atoms with Gasteiger partial charge in [0.05, 0.1) is 32.3 Å². The highest BCUT2D eigenvalue weighted by Crippen LogP contribution is 2.25. The van der Waals surface area contributed by atoms with E-state index in [1.54, 1.807) is 18.2 Å². The van der Waals surface area contributed by atoms with Gasteiger partial charge in [0.1, 0.15) is 11.5 Å². The van der Waals surface area contributed by atoms with Gasteiger partial charge >= 0.3 is 5.97 Å². The second-order valence-corrected chi connectivity index (χ2v) is 4.80. The molecule has 1 atom stereocenters. The molecule has 0 fully saturated rings. The van der Waals surface area contributed by atoms with E-state index in [0.717, 1.165) is 6.42 Å². The molecule has 0 amide bonds. The number of ketones is 1. The molecule has 1 aromatic carbocycles. The second-order valence-electron chi connectivity index (χ2n) is 4.80. The minimum absolute atomic E-state index is 0.110. The molecule has 0 aliphatic carbocycles. The standard InChI is InChI=1S/C16H22O6/c1-4-5-11(17)8-16(19)22-10-14(18)13-7-6-12(20-2)9-15(13)21-3/h6-7,9,11,17H,4-5,8,10H2,1-3H3/t11-/m1/s1. The molecular formula is C16H22O6. The fourth-order valence-electron chi connectivity index (χ4n) is 1.94. The average Bonchev–Trinajstić information content (AvgIpc) is 2.52. The van der Waals surface area contributed by atoms with Crippen molar-refractivity contribution in [2.75, 3.05) is 20.8 Å². The van der Waals surface area contributed by atoms with Crippen LogP contribution in [-0.2, 0) is 9.53 Å². The summed E-state index contributed by atoms with van der Waals surface area (Å²) in [5, 5.41) is 9.52. The Morgan fingerprint density at radius 2 is 1.95 bits per heavy atom. The van der Waals surface area contributed by atoms with Gasteiger partial charge in [-0.3, -0.25) is 9.59 Å². The molecule has 0 saturated heterocycles. The van der Waals surface area contributed by atoms with Crippen LogP contribution < -0.4 is 9.47 Å². The topological polar surface area (TPSA) is 82.1 Å². The van der Waals surface area contributed by atoms with Crippen LogP contribution in [0.2, 0.25) is 0 Å². The minimum Gasteiger partial charge on any atom is -0.497 e. The zero-order valence-corrected chi connectivity index (χ0v) is 13.1. The van der Waals surface area contributed by atoms with Gasteiger partial charge in [-0.25, -0.2) is 0 Å². The predicted octanol–water partition coefficient (Wildman–Crippen LogP) is 1.98. The molecule has 122 valence electrons. The lowest BCUT2D eigenvalue weighted by Gasteiger charge is -2.11. The van der Waals surface area contributed by atoms with Crippen LogP contribution in [0.1, 0.15) is 36.5 Å². The maximum atomic E-state index is 12.1. The molecular weight excluding hydrogens is 288 g/mol. The number of carbonyl (C=O) groups excluding carboxylic acids is 2. The van der Waals surface area contributed by atoms with E-state index in [9.17, 15) is 14.7 Å². The van der Waals surface area contributed by atoms with Gasteiger partial charge in [0.15, 0.2) is 6.61 Å². The van der Waals surface area contributed by atoms with Crippen LogP contribution in [0.4, 0.5) is 0 Å². The molecule has 0 radical (unpaired) electrons. The molecule has 0 saturated carbocycles. The van der Waals surface area contributed by atoms with Crippen LogP contribution >= 0.6 is 0 Å². The number of Topliss-reactive ketones (excluding diaryl/α,β-unsaturated/α-hetero) is 1. The van der Waals surface area contributed by atoms with E-state index in [0.29, 0.717) is 23.5 Å². The summed E-state index contributed by atoms with van der Waals surface area (Å²) in [5.41, 5.74) is 0.310. The number of benzene rings is 1. The summed E-state index contributed by atoms with van der Waals surface area (Å²) in [6.07, 6.45) is 0.454. The first-order valence-corrected chi connectivity index (χ1v) is 7.10. The van der Waals surface area contributed by atoms with Crippen molar-refractivity contribution >= 4 is 11.8 Å². The zero-order chi connectivity index (χ0) is 16.5. The third-order valence-electron chi connectivity index (χ3n) is 3.10. The number of ether oxygens (including phenoxy) is 3. The highest BCUT2D eigenvalue weighted by atomic mass is 16.5. The Labute approximate surface area is 130 Å². The van der Waals surface area contributed by atoms with Gasteiger partial charge in [-0.05, 0) is 18.6 Å². The van der Waals surface area contributed by atoms with Crippen molar-refractivity contribution in [3.8, 4) is 11.5 Å². The second kappa shape index (κ2) is 9.04. The molecule has 0 spiro atoms. The molecule has 0 aliphatic rings. The number of methoxy groups -OCH3 is 2. The maximum Gasteiger partial charge on any atom is 0.308 e. The molecule has 1 aromatic rings. The van der Waals surface area contributed by atoms with Gasteiger partial charge in [0, 0.05) is 6.07 Å². The summed E-state index contributed by atoms with van der Waals surface area (Å²) in [6, 6.07) is 4.77. The van der Waals surface area contributed by atoms with Crippen molar-refractivity contribution in [2.45, 2.75) is 32.3 Å². The summed E-state index contributed by atoms with van der Waals surface area (Å²) in [5.74, 6) is -0.0564. The number of esters is 1. The SMILES string of the molecule is CCC[C@@H](O)CC(=O)OCC(=O)c1ccc(OC)cc1OC. The van der Waals surface area contributed by atoms with Crippen molar-refractivity contribution in [3.63, 3.8) is 0 Å². The number of carbonyl (C=O) groups is 2. The molecule has 0 aliphatic heterocycles. The summed E-state index contributed by atoms with van der Waals surface area (Å²) >= 11 is 0. The van der Waals surface area contributed by atoms with Crippen LogP contribution in [0.15, 0.2) is 18.2 Å². The fraction of sp³-hybridized carbons (Fsp3) is 0.500. The van der Waals surface area contributed by atoms with Crippen LogP contribution in [-0.4, -0.2) is 43.8 Å². The normalized spacial score (nSPS) is 11.6. The first-order chi connectivity index (χ1) is 10.5. The monoisotopic (exact) mass is 310 g/mol.